The molecule has 1 rings (SSSR count). The van der Waals surface area contributed by atoms with Crippen LogP contribution in [0.1, 0.15) is 52.4 Å². The molecule has 1 aromatic heterocycles. The monoisotopic (exact) mass is 236 g/mol. The summed E-state index contributed by atoms with van der Waals surface area (Å²) in [5.74, 6) is 2.21. The van der Waals surface area contributed by atoms with Gasteiger partial charge in [-0.1, -0.05) is 27.7 Å². The fraction of sp³-hybridized carbons (Fsp3) is 0.692. The van der Waals surface area contributed by atoms with Crippen molar-refractivity contribution in [1.29, 1.82) is 0 Å². The first kappa shape index (κ1) is 13.7. The molecule has 0 saturated carbocycles. The Morgan fingerprint density at radius 3 is 2.35 bits per heavy atom. The summed E-state index contributed by atoms with van der Waals surface area (Å²) in [6.07, 6.45) is 1.05. The lowest BCUT2D eigenvalue weighted by molar-refractivity contribution is 0.545. The number of hydrogen-bond donors (Lipinski definition) is 2. The first-order valence-electron chi connectivity index (χ1n) is 6.16. The molecule has 0 fully saturated rings. The molecule has 0 bridgehead atoms. The molecule has 0 spiro atoms. The first-order valence-corrected chi connectivity index (χ1v) is 6.16. The zero-order valence-electron chi connectivity index (χ0n) is 11.8. The molecule has 17 heavy (non-hydrogen) atoms. The highest BCUT2D eigenvalue weighted by molar-refractivity contribution is 5.55. The lowest BCUT2D eigenvalue weighted by atomic mass is 9.95. The molecule has 0 aromatic carbocycles. The van der Waals surface area contributed by atoms with Crippen molar-refractivity contribution in [2.75, 3.05) is 11.1 Å². The van der Waals surface area contributed by atoms with Crippen molar-refractivity contribution in [3.63, 3.8) is 0 Å². The summed E-state index contributed by atoms with van der Waals surface area (Å²) in [5, 5.41) is 3.38. The van der Waals surface area contributed by atoms with Crippen LogP contribution in [0.3, 0.4) is 0 Å². The molecule has 1 unspecified atom stereocenters. The standard InChI is InChI=1S/C13H24N4/c1-7-8(2)15-11-9(3)10(14)16-12(17-11)13(4,5)6/h8H,7H2,1-6H3,(H3,14,15,16,17). The van der Waals surface area contributed by atoms with Gasteiger partial charge in [0.2, 0.25) is 0 Å². The van der Waals surface area contributed by atoms with E-state index in [0.717, 1.165) is 23.6 Å². The Bertz CT molecular complexity index is 393. The van der Waals surface area contributed by atoms with Gasteiger partial charge in [0, 0.05) is 17.0 Å². The maximum absolute atomic E-state index is 5.94. The van der Waals surface area contributed by atoms with Crippen molar-refractivity contribution < 1.29 is 0 Å². The summed E-state index contributed by atoms with van der Waals surface area (Å²) < 4.78 is 0. The molecule has 0 aliphatic heterocycles. The summed E-state index contributed by atoms with van der Waals surface area (Å²) in [5.41, 5.74) is 6.78. The minimum Gasteiger partial charge on any atom is -0.383 e. The van der Waals surface area contributed by atoms with Gasteiger partial charge in [-0.15, -0.1) is 0 Å². The molecule has 1 aromatic rings. The molecule has 0 aliphatic rings. The quantitative estimate of drug-likeness (QED) is 0.847. The van der Waals surface area contributed by atoms with E-state index in [2.05, 4.69) is 49.9 Å². The molecular weight excluding hydrogens is 212 g/mol. The molecule has 0 radical (unpaired) electrons. The van der Waals surface area contributed by atoms with E-state index in [1.807, 2.05) is 6.92 Å². The summed E-state index contributed by atoms with van der Waals surface area (Å²) in [6.45, 7) is 12.5. The molecule has 96 valence electrons. The van der Waals surface area contributed by atoms with Gasteiger partial charge in [-0.05, 0) is 20.3 Å². The van der Waals surface area contributed by atoms with Crippen molar-refractivity contribution >= 4 is 11.6 Å². The number of aromatic nitrogens is 2. The predicted molar refractivity (Wildman–Crippen MR) is 73.3 cm³/mol. The number of nitrogen functional groups attached to an aromatic ring is 1. The Kier molecular flexibility index (Phi) is 3.96. The van der Waals surface area contributed by atoms with Crippen molar-refractivity contribution in [2.24, 2.45) is 0 Å². The van der Waals surface area contributed by atoms with Gasteiger partial charge in [0.25, 0.3) is 0 Å². The number of nitrogens with zero attached hydrogens (tertiary/aromatic N) is 2. The van der Waals surface area contributed by atoms with Crippen molar-refractivity contribution in [1.82, 2.24) is 9.97 Å². The van der Waals surface area contributed by atoms with Crippen molar-refractivity contribution in [2.45, 2.75) is 59.4 Å². The van der Waals surface area contributed by atoms with Crippen LogP contribution in [0.5, 0.6) is 0 Å². The first-order chi connectivity index (χ1) is 7.75. The fourth-order valence-electron chi connectivity index (χ4n) is 1.35. The van der Waals surface area contributed by atoms with E-state index in [-0.39, 0.29) is 5.41 Å². The summed E-state index contributed by atoms with van der Waals surface area (Å²) in [4.78, 5) is 8.95. The van der Waals surface area contributed by atoms with Crippen molar-refractivity contribution in [3.8, 4) is 0 Å². The molecule has 0 aliphatic carbocycles. The van der Waals surface area contributed by atoms with Crippen LogP contribution in [0.4, 0.5) is 11.6 Å². The van der Waals surface area contributed by atoms with Gasteiger partial charge in [-0.25, -0.2) is 9.97 Å². The molecule has 1 heterocycles. The number of hydrogen-bond acceptors (Lipinski definition) is 4. The van der Waals surface area contributed by atoms with Gasteiger partial charge in [-0.3, -0.25) is 0 Å². The van der Waals surface area contributed by atoms with Crippen LogP contribution in [0.15, 0.2) is 0 Å². The average Bonchev–Trinajstić information content (AvgIpc) is 2.22. The lowest BCUT2D eigenvalue weighted by Gasteiger charge is -2.21. The van der Waals surface area contributed by atoms with E-state index in [0.29, 0.717) is 11.9 Å². The third-order valence-corrected chi connectivity index (χ3v) is 2.85. The average molecular weight is 236 g/mol. The van der Waals surface area contributed by atoms with Gasteiger partial charge in [-0.2, -0.15) is 0 Å². The molecule has 0 amide bonds. The van der Waals surface area contributed by atoms with Gasteiger partial charge in [0.15, 0.2) is 0 Å². The third kappa shape index (κ3) is 3.32. The molecule has 4 heteroatoms. The number of nitrogens with one attached hydrogen (secondary N) is 1. The van der Waals surface area contributed by atoms with Crippen LogP contribution in [0.2, 0.25) is 0 Å². The highest BCUT2D eigenvalue weighted by Gasteiger charge is 2.20. The third-order valence-electron chi connectivity index (χ3n) is 2.85. The Hall–Kier alpha value is -1.32. The second-order valence-electron chi connectivity index (χ2n) is 5.61. The SMILES string of the molecule is CCC(C)Nc1nc(C(C)(C)C)nc(N)c1C. The number of anilines is 2. The maximum Gasteiger partial charge on any atom is 0.138 e. The normalized spacial score (nSPS) is 13.5. The minimum atomic E-state index is -0.0896. The number of nitrogens with two attached hydrogens (primary N) is 1. The van der Waals surface area contributed by atoms with E-state index in [4.69, 9.17) is 5.73 Å². The zero-order chi connectivity index (χ0) is 13.2. The highest BCUT2D eigenvalue weighted by Crippen LogP contribution is 2.25. The van der Waals surface area contributed by atoms with Crippen LogP contribution >= 0.6 is 0 Å². The Labute approximate surface area is 104 Å². The maximum atomic E-state index is 5.94. The molecule has 3 N–H and O–H groups in total. The molecule has 0 saturated heterocycles. The Morgan fingerprint density at radius 2 is 1.88 bits per heavy atom. The van der Waals surface area contributed by atoms with E-state index >= 15 is 0 Å². The van der Waals surface area contributed by atoms with Gasteiger partial charge in [0.05, 0.1) is 0 Å². The van der Waals surface area contributed by atoms with E-state index in [9.17, 15) is 0 Å². The summed E-state index contributed by atoms with van der Waals surface area (Å²) in [7, 11) is 0. The van der Waals surface area contributed by atoms with E-state index in [1.54, 1.807) is 0 Å². The lowest BCUT2D eigenvalue weighted by Crippen LogP contribution is -2.22. The van der Waals surface area contributed by atoms with Gasteiger partial charge >= 0.3 is 0 Å². The van der Waals surface area contributed by atoms with E-state index < -0.39 is 0 Å². The molecule has 4 nitrogen and oxygen atoms in total. The smallest absolute Gasteiger partial charge is 0.138 e. The van der Waals surface area contributed by atoms with E-state index in [1.165, 1.54) is 0 Å². The second kappa shape index (κ2) is 4.90. The Balaban J connectivity index is 3.16. The van der Waals surface area contributed by atoms with Crippen LogP contribution < -0.4 is 11.1 Å². The van der Waals surface area contributed by atoms with Crippen LogP contribution in [-0.4, -0.2) is 16.0 Å². The van der Waals surface area contributed by atoms with Crippen molar-refractivity contribution in [3.05, 3.63) is 11.4 Å². The summed E-state index contributed by atoms with van der Waals surface area (Å²) in [6, 6.07) is 0.385. The van der Waals surface area contributed by atoms with Crippen LogP contribution in [-0.2, 0) is 5.41 Å². The fourth-order valence-corrected chi connectivity index (χ4v) is 1.35. The largest absolute Gasteiger partial charge is 0.383 e. The highest BCUT2D eigenvalue weighted by atomic mass is 15.1. The zero-order valence-corrected chi connectivity index (χ0v) is 11.8. The number of rotatable bonds is 3. The topological polar surface area (TPSA) is 63.8 Å². The predicted octanol–water partition coefficient (Wildman–Crippen LogP) is 2.88. The van der Waals surface area contributed by atoms with Gasteiger partial charge < -0.3 is 11.1 Å². The minimum absolute atomic E-state index is 0.0896. The molecule has 1 atom stereocenters. The van der Waals surface area contributed by atoms with Gasteiger partial charge in [0.1, 0.15) is 17.5 Å². The molecular formula is C13H24N4. The van der Waals surface area contributed by atoms with Crippen LogP contribution in [0.25, 0.3) is 0 Å². The summed E-state index contributed by atoms with van der Waals surface area (Å²) >= 11 is 0. The second-order valence-corrected chi connectivity index (χ2v) is 5.61. The Morgan fingerprint density at radius 1 is 1.29 bits per heavy atom. The van der Waals surface area contributed by atoms with Crippen LogP contribution in [0, 0.1) is 6.92 Å².